The number of thiophene rings is 2. The standard InChI is InChI=1S/C46H26S2/c1-19-5-6-30-35(15-19)48-46-37-21(3)17-33-28-11-7-23-25-9-12-29-34-18-22(4)47-45(34)36-20(2)16-32(40(25)43(29)36)27-10-8-24(39(28)38(23)27)26-13-14-31(42(30)46)44(37)41(26)33/h5-18H,1-4H3. The molecule has 0 unspecified atom stereocenters. The van der Waals surface area contributed by atoms with E-state index in [9.17, 15) is 0 Å². The third kappa shape index (κ3) is 2.56. The number of hydrogen-bond acceptors (Lipinski definition) is 2. The van der Waals surface area contributed by atoms with Crippen LogP contribution in [0.3, 0.4) is 0 Å². The van der Waals surface area contributed by atoms with Crippen molar-refractivity contribution in [2.45, 2.75) is 27.7 Å². The highest BCUT2D eigenvalue weighted by Gasteiger charge is 2.24. The molecule has 13 rings (SSSR count). The minimum atomic E-state index is 1.33. The van der Waals surface area contributed by atoms with Gasteiger partial charge < -0.3 is 0 Å². The van der Waals surface area contributed by atoms with E-state index in [1.165, 1.54) is 147 Å². The summed E-state index contributed by atoms with van der Waals surface area (Å²) in [6.07, 6.45) is 0. The van der Waals surface area contributed by atoms with Crippen molar-refractivity contribution in [3.05, 3.63) is 147 Å². The van der Waals surface area contributed by atoms with Crippen molar-refractivity contribution >= 4 is 108 Å². The van der Waals surface area contributed by atoms with Crippen LogP contribution in [0.5, 0.6) is 0 Å². The van der Waals surface area contributed by atoms with Crippen molar-refractivity contribution in [1.82, 2.24) is 0 Å². The van der Waals surface area contributed by atoms with Crippen LogP contribution in [-0.2, 0) is 0 Å². The van der Waals surface area contributed by atoms with Crippen LogP contribution in [0.4, 0.5) is 0 Å². The average Bonchev–Trinajstić information content (AvgIpc) is 3.81. The molecule has 0 N–H and O–H groups in total. The highest BCUT2D eigenvalue weighted by Crippen LogP contribution is 2.49. The maximum absolute atomic E-state index is 2.51. The Morgan fingerprint density at radius 1 is 0.354 bits per heavy atom. The van der Waals surface area contributed by atoms with Gasteiger partial charge in [-0.25, -0.2) is 0 Å². The van der Waals surface area contributed by atoms with E-state index in [1.54, 1.807) is 0 Å². The van der Waals surface area contributed by atoms with Crippen molar-refractivity contribution in [3.8, 4) is 0 Å². The molecule has 2 heteroatoms. The van der Waals surface area contributed by atoms with Gasteiger partial charge in [0.15, 0.2) is 0 Å². The van der Waals surface area contributed by atoms with E-state index in [2.05, 4.69) is 113 Å². The zero-order valence-electron chi connectivity index (χ0n) is 26.9. The van der Waals surface area contributed by atoms with Crippen molar-refractivity contribution in [2.75, 3.05) is 0 Å². The van der Waals surface area contributed by atoms with E-state index >= 15 is 0 Å². The summed E-state index contributed by atoms with van der Waals surface area (Å²) < 4.78 is 4.30. The summed E-state index contributed by atoms with van der Waals surface area (Å²) in [6.45, 7) is 9.11. The Labute approximate surface area is 281 Å². The summed E-state index contributed by atoms with van der Waals surface area (Å²) >= 11 is 3.92. The molecule has 0 saturated carbocycles. The number of fused-ring (bicyclic) bond motifs is 8. The molecule has 9 aromatic carbocycles. The lowest BCUT2D eigenvalue weighted by Crippen LogP contribution is -1.93. The molecular formula is C46H26S2. The summed E-state index contributed by atoms with van der Waals surface area (Å²) in [4.78, 5) is 1.39. The van der Waals surface area contributed by atoms with Crippen molar-refractivity contribution in [1.29, 1.82) is 0 Å². The van der Waals surface area contributed by atoms with Crippen molar-refractivity contribution in [2.24, 2.45) is 0 Å². The zero-order valence-corrected chi connectivity index (χ0v) is 28.5. The lowest BCUT2D eigenvalue weighted by Gasteiger charge is -2.20. The Balaban J connectivity index is 1.28. The maximum atomic E-state index is 2.51. The summed E-state index contributed by atoms with van der Waals surface area (Å²) in [5.41, 5.74) is 4.10. The molecule has 2 aromatic heterocycles. The van der Waals surface area contributed by atoms with Gasteiger partial charge >= 0.3 is 0 Å². The Morgan fingerprint density at radius 2 is 0.854 bits per heavy atom. The third-order valence-corrected chi connectivity index (χ3v) is 14.2. The Hall–Kier alpha value is -5.02. The van der Waals surface area contributed by atoms with Crippen LogP contribution in [0.2, 0.25) is 0 Å². The second-order valence-corrected chi connectivity index (χ2v) is 16.8. The van der Waals surface area contributed by atoms with Gasteiger partial charge in [-0.15, -0.1) is 22.7 Å². The molecule has 0 fully saturated rings. The second-order valence-electron chi connectivity index (χ2n) is 14.5. The first-order valence-electron chi connectivity index (χ1n) is 16.9. The van der Waals surface area contributed by atoms with E-state index in [0.29, 0.717) is 0 Å². The minimum absolute atomic E-state index is 1.33. The van der Waals surface area contributed by atoms with Gasteiger partial charge in [0.05, 0.1) is 0 Å². The average molecular weight is 643 g/mol. The molecule has 222 valence electrons. The molecule has 0 saturated heterocycles. The van der Waals surface area contributed by atoms with Gasteiger partial charge in [0, 0.05) is 44.9 Å². The Kier molecular flexibility index (Phi) is 4.08. The predicted octanol–water partition coefficient (Wildman–Crippen LogP) is 12.9. The van der Waals surface area contributed by atoms with Gasteiger partial charge in [0.1, 0.15) is 0 Å². The van der Waals surface area contributed by atoms with E-state index in [-0.39, 0.29) is 0 Å². The molecule has 48 heavy (non-hydrogen) atoms. The first kappa shape index (κ1) is 25.1. The summed E-state index contributed by atoms with van der Waals surface area (Å²) in [7, 11) is 0. The molecule has 0 radical (unpaired) electrons. The molecule has 0 atom stereocenters. The van der Waals surface area contributed by atoms with Crippen LogP contribution in [0.15, 0.2) is 84.9 Å². The van der Waals surface area contributed by atoms with Crippen molar-refractivity contribution < 1.29 is 0 Å². The predicted molar refractivity (Wildman–Crippen MR) is 207 cm³/mol. The van der Waals surface area contributed by atoms with Crippen LogP contribution in [0.1, 0.15) is 21.6 Å². The first-order chi connectivity index (χ1) is 23.5. The lowest BCUT2D eigenvalue weighted by molar-refractivity contribution is 1.46. The van der Waals surface area contributed by atoms with Crippen LogP contribution < -0.4 is 0 Å². The van der Waals surface area contributed by atoms with Gasteiger partial charge in [0.2, 0.25) is 0 Å². The van der Waals surface area contributed by atoms with Crippen molar-refractivity contribution in [3.63, 3.8) is 0 Å². The van der Waals surface area contributed by atoms with E-state index in [0.717, 1.165) is 0 Å². The van der Waals surface area contributed by atoms with Gasteiger partial charge in [-0.05, 0) is 142 Å². The molecule has 2 aliphatic carbocycles. The topological polar surface area (TPSA) is 0 Å². The number of hydrogen-bond donors (Lipinski definition) is 0. The maximum Gasteiger partial charge on any atom is 0.0443 e. The molecule has 0 bridgehead atoms. The Morgan fingerprint density at radius 3 is 1.50 bits per heavy atom. The molecule has 0 spiro atoms. The second kappa shape index (κ2) is 7.81. The molecule has 2 heterocycles. The summed E-state index contributed by atoms with van der Waals surface area (Å²) in [5, 5.41) is 29.7. The zero-order chi connectivity index (χ0) is 31.5. The third-order valence-electron chi connectivity index (χ3n) is 12.0. The molecule has 11 aromatic rings. The van der Waals surface area contributed by atoms with Crippen LogP contribution in [0.25, 0.3) is 85.5 Å². The largest absolute Gasteiger partial charge is 0.140 e. The van der Waals surface area contributed by atoms with E-state index in [4.69, 9.17) is 0 Å². The molecule has 2 aliphatic rings. The van der Waals surface area contributed by atoms with E-state index in [1.807, 2.05) is 22.7 Å². The molecule has 0 nitrogen and oxygen atoms in total. The highest BCUT2D eigenvalue weighted by atomic mass is 32.1. The highest BCUT2D eigenvalue weighted by molar-refractivity contribution is 7.17. The summed E-state index contributed by atoms with van der Waals surface area (Å²) in [5.74, 6) is 0. The molecular weight excluding hydrogens is 617 g/mol. The summed E-state index contributed by atoms with van der Waals surface area (Å²) in [6, 6.07) is 33.8. The van der Waals surface area contributed by atoms with Gasteiger partial charge in [-0.2, -0.15) is 0 Å². The molecule has 0 aliphatic heterocycles. The van der Waals surface area contributed by atoms with E-state index < -0.39 is 0 Å². The minimum Gasteiger partial charge on any atom is -0.140 e. The number of aryl methyl sites for hydroxylation is 4. The first-order valence-corrected chi connectivity index (χ1v) is 18.6. The fraction of sp³-hybridized carbons (Fsp3) is 0.0870. The Bertz CT molecular complexity index is 3820. The normalized spacial score (nSPS) is 13.4. The lowest BCUT2D eigenvalue weighted by atomic mass is 9.83. The quantitative estimate of drug-likeness (QED) is 0.114. The van der Waals surface area contributed by atoms with Crippen LogP contribution >= 0.6 is 22.7 Å². The fourth-order valence-electron chi connectivity index (χ4n) is 10.2. The van der Waals surface area contributed by atoms with Crippen LogP contribution in [-0.4, -0.2) is 0 Å². The molecule has 0 amide bonds. The number of benzene rings is 9. The van der Waals surface area contributed by atoms with Gasteiger partial charge in [-0.3, -0.25) is 0 Å². The van der Waals surface area contributed by atoms with Crippen LogP contribution in [0, 0.1) is 68.1 Å². The number of rotatable bonds is 0. The monoisotopic (exact) mass is 642 g/mol. The van der Waals surface area contributed by atoms with Gasteiger partial charge in [-0.1, -0.05) is 72.8 Å². The van der Waals surface area contributed by atoms with Gasteiger partial charge in [0.25, 0.3) is 0 Å². The SMILES string of the molecule is Cc1ccc2c3c(sc2c1)=c1c(C)cc2c4ccc5c6ccc7c8c(c(C)cc(c9ccc(c%10ccc=3c1c%102)c4c59)c86)=c1sc(C)cc1=7. The fourth-order valence-corrected chi connectivity index (χ4v) is 12.8. The smallest absolute Gasteiger partial charge is 0.0443 e.